The van der Waals surface area contributed by atoms with Crippen molar-refractivity contribution in [3.63, 3.8) is 0 Å². The fraction of sp³-hybridized carbons (Fsp3) is 0.750. The van der Waals surface area contributed by atoms with Crippen LogP contribution in [0.4, 0.5) is 13.2 Å². The molecule has 2 N–H and O–H groups in total. The molecule has 0 saturated carbocycles. The van der Waals surface area contributed by atoms with Crippen LogP contribution in [0.1, 0.15) is 25.7 Å². The lowest BCUT2D eigenvalue weighted by Crippen LogP contribution is -2.05. The number of halogens is 3. The van der Waals surface area contributed by atoms with Crippen molar-refractivity contribution in [2.75, 3.05) is 6.54 Å². The predicted molar refractivity (Wildman–Crippen MR) is 42.7 cm³/mol. The van der Waals surface area contributed by atoms with Gasteiger partial charge in [0.2, 0.25) is 0 Å². The van der Waals surface area contributed by atoms with Crippen LogP contribution in [0.2, 0.25) is 0 Å². The molecule has 0 heterocycles. The van der Waals surface area contributed by atoms with Gasteiger partial charge in [0.05, 0.1) is 0 Å². The third-order valence-corrected chi connectivity index (χ3v) is 1.33. The Kier molecular flexibility index (Phi) is 5.80. The molecule has 4 heteroatoms. The molecule has 0 aliphatic carbocycles. The number of allylic oxidation sites excluding steroid dienone is 1. The second kappa shape index (κ2) is 6.06. The normalized spacial score (nSPS) is 12.7. The lowest BCUT2D eigenvalue weighted by Gasteiger charge is -2.02. The number of nitrogens with two attached hydrogens (primary N) is 1. The van der Waals surface area contributed by atoms with Crippen molar-refractivity contribution in [1.82, 2.24) is 0 Å². The van der Waals surface area contributed by atoms with Gasteiger partial charge in [0.1, 0.15) is 0 Å². The van der Waals surface area contributed by atoms with Crippen LogP contribution in [-0.4, -0.2) is 12.7 Å². The van der Waals surface area contributed by atoms with Crippen molar-refractivity contribution in [3.05, 3.63) is 12.2 Å². The summed E-state index contributed by atoms with van der Waals surface area (Å²) in [5.74, 6) is 0. The molecule has 0 fully saturated rings. The summed E-state index contributed by atoms with van der Waals surface area (Å²) < 4.78 is 34.8. The molecule has 0 saturated heterocycles. The first kappa shape index (κ1) is 11.5. The predicted octanol–water partition coefficient (Wildman–Crippen LogP) is 2.62. The number of hydrogen-bond acceptors (Lipinski definition) is 1. The van der Waals surface area contributed by atoms with Gasteiger partial charge in [-0.05, 0) is 25.8 Å². The van der Waals surface area contributed by atoms with Gasteiger partial charge in [-0.25, -0.2) is 0 Å². The summed E-state index contributed by atoms with van der Waals surface area (Å²) in [4.78, 5) is 0. The van der Waals surface area contributed by atoms with E-state index >= 15 is 0 Å². The van der Waals surface area contributed by atoms with Gasteiger partial charge in [0.15, 0.2) is 0 Å². The summed E-state index contributed by atoms with van der Waals surface area (Å²) in [6, 6.07) is 0. The van der Waals surface area contributed by atoms with E-state index in [2.05, 4.69) is 0 Å². The molecule has 0 aromatic rings. The third kappa shape index (κ3) is 9.49. The molecule has 0 radical (unpaired) electrons. The summed E-state index contributed by atoms with van der Waals surface area (Å²) in [6.45, 7) is 0.551. The van der Waals surface area contributed by atoms with E-state index in [0.717, 1.165) is 6.42 Å². The molecule has 72 valence electrons. The molecule has 0 bridgehead atoms. The van der Waals surface area contributed by atoms with Gasteiger partial charge >= 0.3 is 6.18 Å². The Morgan fingerprint density at radius 3 is 2.17 bits per heavy atom. The maximum atomic E-state index is 11.6. The first-order chi connectivity index (χ1) is 5.56. The van der Waals surface area contributed by atoms with E-state index < -0.39 is 12.6 Å². The number of alkyl halides is 3. The standard InChI is InChI=1S/C8H14F3N/c9-8(10,11)6-4-2-1-3-5-7-12/h1,3H,2,4-7,12H2/b3-1+. The van der Waals surface area contributed by atoms with Crippen molar-refractivity contribution < 1.29 is 13.2 Å². The van der Waals surface area contributed by atoms with Crippen LogP contribution < -0.4 is 5.73 Å². The van der Waals surface area contributed by atoms with Crippen molar-refractivity contribution in [2.24, 2.45) is 5.73 Å². The third-order valence-electron chi connectivity index (χ3n) is 1.33. The van der Waals surface area contributed by atoms with Crippen molar-refractivity contribution in [3.8, 4) is 0 Å². The molecular weight excluding hydrogens is 167 g/mol. The van der Waals surface area contributed by atoms with Crippen LogP contribution in [0.25, 0.3) is 0 Å². The van der Waals surface area contributed by atoms with Crippen LogP contribution in [0, 0.1) is 0 Å². The van der Waals surface area contributed by atoms with Gasteiger partial charge < -0.3 is 5.73 Å². The quantitative estimate of drug-likeness (QED) is 0.512. The van der Waals surface area contributed by atoms with Gasteiger partial charge in [0.25, 0.3) is 0 Å². The van der Waals surface area contributed by atoms with Crippen LogP contribution in [-0.2, 0) is 0 Å². The molecule has 0 aliphatic heterocycles. The average Bonchev–Trinajstić information content (AvgIpc) is 1.94. The average molecular weight is 181 g/mol. The number of hydrogen-bond donors (Lipinski definition) is 1. The molecule has 0 rings (SSSR count). The molecule has 0 unspecified atom stereocenters. The summed E-state index contributed by atoms with van der Waals surface area (Å²) in [5, 5.41) is 0. The highest BCUT2D eigenvalue weighted by atomic mass is 19.4. The van der Waals surface area contributed by atoms with E-state index in [9.17, 15) is 13.2 Å². The maximum Gasteiger partial charge on any atom is 0.389 e. The van der Waals surface area contributed by atoms with Crippen LogP contribution in [0.3, 0.4) is 0 Å². The lowest BCUT2D eigenvalue weighted by atomic mass is 10.2. The number of unbranched alkanes of at least 4 members (excludes halogenated alkanes) is 1. The molecule has 0 spiro atoms. The van der Waals surface area contributed by atoms with E-state index in [0.29, 0.717) is 13.0 Å². The molecule has 0 atom stereocenters. The first-order valence-corrected chi connectivity index (χ1v) is 3.98. The zero-order valence-electron chi connectivity index (χ0n) is 6.90. The topological polar surface area (TPSA) is 26.0 Å². The van der Waals surface area contributed by atoms with E-state index in [-0.39, 0.29) is 6.42 Å². The molecule has 0 aromatic carbocycles. The minimum atomic E-state index is -4.01. The second-order valence-corrected chi connectivity index (χ2v) is 2.56. The Labute approximate surface area is 70.4 Å². The molecule has 1 nitrogen and oxygen atoms in total. The van der Waals surface area contributed by atoms with Crippen molar-refractivity contribution in [1.29, 1.82) is 0 Å². The highest BCUT2D eigenvalue weighted by molar-refractivity contribution is 4.81. The lowest BCUT2D eigenvalue weighted by molar-refractivity contribution is -0.135. The van der Waals surface area contributed by atoms with Gasteiger partial charge in [0, 0.05) is 6.42 Å². The van der Waals surface area contributed by atoms with E-state index in [1.165, 1.54) is 0 Å². The van der Waals surface area contributed by atoms with Crippen molar-refractivity contribution >= 4 is 0 Å². The molecular formula is C8H14F3N. The van der Waals surface area contributed by atoms with Gasteiger partial charge in [-0.3, -0.25) is 0 Å². The largest absolute Gasteiger partial charge is 0.389 e. The molecule has 0 aliphatic rings. The highest BCUT2D eigenvalue weighted by Gasteiger charge is 2.25. The van der Waals surface area contributed by atoms with Gasteiger partial charge in [-0.15, -0.1) is 0 Å². The molecule has 12 heavy (non-hydrogen) atoms. The zero-order chi connectivity index (χ0) is 9.45. The van der Waals surface area contributed by atoms with Crippen LogP contribution >= 0.6 is 0 Å². The SMILES string of the molecule is NCC/C=C/CCCC(F)(F)F. The summed E-state index contributed by atoms with van der Waals surface area (Å²) in [7, 11) is 0. The van der Waals surface area contributed by atoms with Gasteiger partial charge in [-0.2, -0.15) is 13.2 Å². The van der Waals surface area contributed by atoms with E-state index in [4.69, 9.17) is 5.73 Å². The van der Waals surface area contributed by atoms with E-state index in [1.54, 1.807) is 6.08 Å². The summed E-state index contributed by atoms with van der Waals surface area (Å²) in [5.41, 5.74) is 5.18. The van der Waals surface area contributed by atoms with Crippen molar-refractivity contribution in [2.45, 2.75) is 31.9 Å². The minimum absolute atomic E-state index is 0.171. The Hall–Kier alpha value is -0.510. The Balaban J connectivity index is 3.21. The maximum absolute atomic E-state index is 11.6. The molecule has 0 aromatic heterocycles. The zero-order valence-corrected chi connectivity index (χ0v) is 6.90. The molecule has 0 amide bonds. The highest BCUT2D eigenvalue weighted by Crippen LogP contribution is 2.22. The Morgan fingerprint density at radius 2 is 1.67 bits per heavy atom. The fourth-order valence-electron chi connectivity index (χ4n) is 0.752. The summed E-state index contributed by atoms with van der Waals surface area (Å²) in [6.07, 6.45) is 0.257. The smallest absolute Gasteiger partial charge is 0.330 e. The Morgan fingerprint density at radius 1 is 1.08 bits per heavy atom. The van der Waals surface area contributed by atoms with Gasteiger partial charge in [-0.1, -0.05) is 12.2 Å². The second-order valence-electron chi connectivity index (χ2n) is 2.56. The first-order valence-electron chi connectivity index (χ1n) is 3.98. The fourth-order valence-corrected chi connectivity index (χ4v) is 0.752. The minimum Gasteiger partial charge on any atom is -0.330 e. The van der Waals surface area contributed by atoms with Crippen LogP contribution in [0.15, 0.2) is 12.2 Å². The summed E-state index contributed by atoms with van der Waals surface area (Å²) >= 11 is 0. The monoisotopic (exact) mass is 181 g/mol. The van der Waals surface area contributed by atoms with Crippen LogP contribution in [0.5, 0.6) is 0 Å². The van der Waals surface area contributed by atoms with E-state index in [1.807, 2.05) is 6.08 Å². The Bertz CT molecular complexity index is 129. The number of rotatable bonds is 5.